The minimum absolute atomic E-state index is 0.712. The third-order valence-corrected chi connectivity index (χ3v) is 3.96. The van der Waals surface area contributed by atoms with Crippen LogP contribution >= 0.6 is 0 Å². The first-order valence-corrected chi connectivity index (χ1v) is 6.61. The Kier molecular flexibility index (Phi) is 2.89. The highest BCUT2D eigenvalue weighted by atomic mass is 14.9. The molecule has 0 aliphatic heterocycles. The third-order valence-electron chi connectivity index (χ3n) is 3.96. The molecular weight excluding hydrogens is 208 g/mol. The Morgan fingerprint density at radius 2 is 2.18 bits per heavy atom. The SMILES string of the molecule is CNC(CCc1c[nH]c2ccccc12)C1CC1. The van der Waals surface area contributed by atoms with Crippen LogP contribution in [0.15, 0.2) is 30.5 Å². The van der Waals surface area contributed by atoms with E-state index < -0.39 is 0 Å². The number of aromatic nitrogens is 1. The molecule has 1 aromatic heterocycles. The summed E-state index contributed by atoms with van der Waals surface area (Å²) in [4.78, 5) is 3.35. The van der Waals surface area contributed by atoms with Crippen LogP contribution in [0.4, 0.5) is 0 Å². The van der Waals surface area contributed by atoms with Crippen LogP contribution in [0.2, 0.25) is 0 Å². The minimum atomic E-state index is 0.712. The first-order chi connectivity index (χ1) is 8.38. The Hall–Kier alpha value is -1.28. The molecule has 0 bridgehead atoms. The third kappa shape index (κ3) is 2.22. The Balaban J connectivity index is 1.71. The molecule has 0 radical (unpaired) electrons. The molecule has 1 aromatic carbocycles. The van der Waals surface area contributed by atoms with E-state index in [1.165, 1.54) is 42.1 Å². The molecule has 1 aliphatic carbocycles. The molecular formula is C15H20N2. The summed E-state index contributed by atoms with van der Waals surface area (Å²) >= 11 is 0. The standard InChI is InChI=1S/C15H20N2/c1-16-14(11-6-7-11)9-8-12-10-17-15-5-3-2-4-13(12)15/h2-5,10-11,14,16-17H,6-9H2,1H3. The maximum atomic E-state index is 3.46. The normalized spacial score (nSPS) is 17.5. The topological polar surface area (TPSA) is 27.8 Å². The molecule has 2 N–H and O–H groups in total. The van der Waals surface area contributed by atoms with Crippen molar-refractivity contribution >= 4 is 10.9 Å². The van der Waals surface area contributed by atoms with Crippen LogP contribution in [0.5, 0.6) is 0 Å². The summed E-state index contributed by atoms with van der Waals surface area (Å²) in [6, 6.07) is 9.28. The van der Waals surface area contributed by atoms with Gasteiger partial charge in [0, 0.05) is 23.1 Å². The molecule has 1 unspecified atom stereocenters. The van der Waals surface area contributed by atoms with Gasteiger partial charge in [0.2, 0.25) is 0 Å². The second-order valence-electron chi connectivity index (χ2n) is 5.13. The van der Waals surface area contributed by atoms with E-state index in [1.54, 1.807) is 0 Å². The van der Waals surface area contributed by atoms with Crippen LogP contribution in [0, 0.1) is 5.92 Å². The van der Waals surface area contributed by atoms with Crippen molar-refractivity contribution in [3.05, 3.63) is 36.0 Å². The zero-order valence-electron chi connectivity index (χ0n) is 10.4. The molecule has 17 heavy (non-hydrogen) atoms. The average molecular weight is 228 g/mol. The van der Waals surface area contributed by atoms with Gasteiger partial charge in [-0.1, -0.05) is 18.2 Å². The van der Waals surface area contributed by atoms with Gasteiger partial charge in [0.15, 0.2) is 0 Å². The highest BCUT2D eigenvalue weighted by Crippen LogP contribution is 2.34. The fourth-order valence-corrected chi connectivity index (χ4v) is 2.76. The molecule has 2 nitrogen and oxygen atoms in total. The molecule has 3 rings (SSSR count). The fraction of sp³-hybridized carbons (Fsp3) is 0.467. The summed E-state index contributed by atoms with van der Waals surface area (Å²) < 4.78 is 0. The Morgan fingerprint density at radius 1 is 1.35 bits per heavy atom. The largest absolute Gasteiger partial charge is 0.361 e. The summed E-state index contributed by atoms with van der Waals surface area (Å²) in [5.74, 6) is 0.935. The van der Waals surface area contributed by atoms with Crippen molar-refractivity contribution in [2.75, 3.05) is 7.05 Å². The van der Waals surface area contributed by atoms with Gasteiger partial charge >= 0.3 is 0 Å². The summed E-state index contributed by atoms with van der Waals surface area (Å²) in [6.07, 6.45) is 7.43. The van der Waals surface area contributed by atoms with Crippen LogP contribution in [0.3, 0.4) is 0 Å². The van der Waals surface area contributed by atoms with E-state index in [2.05, 4.69) is 47.8 Å². The van der Waals surface area contributed by atoms with Gasteiger partial charge in [-0.25, -0.2) is 0 Å². The van der Waals surface area contributed by atoms with E-state index in [0.717, 1.165) is 5.92 Å². The first kappa shape index (κ1) is 10.8. The average Bonchev–Trinajstić information content (AvgIpc) is 3.12. The van der Waals surface area contributed by atoms with Crippen molar-refractivity contribution in [1.82, 2.24) is 10.3 Å². The molecule has 1 aliphatic rings. The number of para-hydroxylation sites is 1. The van der Waals surface area contributed by atoms with Gasteiger partial charge in [-0.15, -0.1) is 0 Å². The summed E-state index contributed by atoms with van der Waals surface area (Å²) in [7, 11) is 2.10. The van der Waals surface area contributed by atoms with Crippen molar-refractivity contribution < 1.29 is 0 Å². The van der Waals surface area contributed by atoms with Crippen molar-refractivity contribution in [2.24, 2.45) is 5.92 Å². The smallest absolute Gasteiger partial charge is 0.0456 e. The molecule has 0 spiro atoms. The van der Waals surface area contributed by atoms with E-state index in [0.29, 0.717) is 6.04 Å². The maximum Gasteiger partial charge on any atom is 0.0456 e. The van der Waals surface area contributed by atoms with Gasteiger partial charge in [0.05, 0.1) is 0 Å². The van der Waals surface area contributed by atoms with Gasteiger partial charge in [-0.3, -0.25) is 0 Å². The fourth-order valence-electron chi connectivity index (χ4n) is 2.76. The van der Waals surface area contributed by atoms with Crippen LogP contribution in [-0.2, 0) is 6.42 Å². The minimum Gasteiger partial charge on any atom is -0.361 e. The van der Waals surface area contributed by atoms with Gasteiger partial charge in [0.25, 0.3) is 0 Å². The van der Waals surface area contributed by atoms with Gasteiger partial charge in [0.1, 0.15) is 0 Å². The second-order valence-corrected chi connectivity index (χ2v) is 5.13. The van der Waals surface area contributed by atoms with Crippen molar-refractivity contribution in [2.45, 2.75) is 31.7 Å². The highest BCUT2D eigenvalue weighted by Gasteiger charge is 2.29. The lowest BCUT2D eigenvalue weighted by Crippen LogP contribution is -2.27. The van der Waals surface area contributed by atoms with Crippen molar-refractivity contribution in [1.29, 1.82) is 0 Å². The summed E-state index contributed by atoms with van der Waals surface area (Å²) in [5, 5.41) is 4.85. The van der Waals surface area contributed by atoms with Crippen molar-refractivity contribution in [3.63, 3.8) is 0 Å². The molecule has 1 atom stereocenters. The number of nitrogens with one attached hydrogen (secondary N) is 2. The second kappa shape index (κ2) is 4.53. The summed E-state index contributed by atoms with van der Waals surface area (Å²) in [6.45, 7) is 0. The van der Waals surface area contributed by atoms with E-state index in [9.17, 15) is 0 Å². The van der Waals surface area contributed by atoms with E-state index in [-0.39, 0.29) is 0 Å². The molecule has 2 aromatic rings. The Morgan fingerprint density at radius 3 is 2.94 bits per heavy atom. The van der Waals surface area contributed by atoms with Crippen LogP contribution in [0.1, 0.15) is 24.8 Å². The van der Waals surface area contributed by atoms with Crippen LogP contribution in [0.25, 0.3) is 10.9 Å². The Labute approximate surface area is 102 Å². The number of hydrogen-bond donors (Lipinski definition) is 2. The zero-order chi connectivity index (χ0) is 11.7. The lowest BCUT2D eigenvalue weighted by molar-refractivity contribution is 0.471. The van der Waals surface area contributed by atoms with E-state index in [4.69, 9.17) is 0 Å². The number of benzene rings is 1. The quantitative estimate of drug-likeness (QED) is 0.808. The first-order valence-electron chi connectivity index (χ1n) is 6.61. The predicted octanol–water partition coefficient (Wildman–Crippen LogP) is 3.10. The molecule has 0 amide bonds. The monoisotopic (exact) mass is 228 g/mol. The van der Waals surface area contributed by atoms with E-state index >= 15 is 0 Å². The van der Waals surface area contributed by atoms with Crippen molar-refractivity contribution in [3.8, 4) is 0 Å². The van der Waals surface area contributed by atoms with Crippen LogP contribution < -0.4 is 5.32 Å². The predicted molar refractivity (Wildman–Crippen MR) is 72.2 cm³/mol. The molecule has 1 heterocycles. The maximum absolute atomic E-state index is 3.46. The van der Waals surface area contributed by atoms with Gasteiger partial charge in [-0.05, 0) is 50.3 Å². The lowest BCUT2D eigenvalue weighted by Gasteiger charge is -2.14. The molecule has 1 fully saturated rings. The lowest BCUT2D eigenvalue weighted by atomic mass is 10.0. The number of H-pyrrole nitrogens is 1. The number of hydrogen-bond acceptors (Lipinski definition) is 1. The summed E-state index contributed by atoms with van der Waals surface area (Å²) in [5.41, 5.74) is 2.72. The molecule has 90 valence electrons. The molecule has 1 saturated carbocycles. The Bertz CT molecular complexity index is 496. The van der Waals surface area contributed by atoms with Gasteiger partial charge in [-0.2, -0.15) is 0 Å². The zero-order valence-corrected chi connectivity index (χ0v) is 10.4. The number of fused-ring (bicyclic) bond motifs is 1. The number of aryl methyl sites for hydroxylation is 1. The highest BCUT2D eigenvalue weighted by molar-refractivity contribution is 5.82. The number of aromatic amines is 1. The van der Waals surface area contributed by atoms with Gasteiger partial charge < -0.3 is 10.3 Å². The van der Waals surface area contributed by atoms with Crippen LogP contribution in [-0.4, -0.2) is 18.1 Å². The molecule has 0 saturated heterocycles. The molecule has 2 heteroatoms. The number of rotatable bonds is 5. The van der Waals surface area contributed by atoms with E-state index in [1.807, 2.05) is 0 Å².